The largest absolute Gasteiger partial charge is 2.00 e. The van der Waals surface area contributed by atoms with Crippen LogP contribution in [0.1, 0.15) is 17.3 Å². The molecule has 1 N–H and O–H groups in total. The molecule has 58 valence electrons. The van der Waals surface area contributed by atoms with Crippen LogP contribution in [0.25, 0.3) is 0 Å². The molecule has 0 bridgehead atoms. The minimum Gasteiger partial charge on any atom is -0.507 e. The summed E-state index contributed by atoms with van der Waals surface area (Å²) in [4.78, 5) is 11.3. The molecular formula is C8H8O2SZn+2. The second kappa shape index (κ2) is 4.63. The van der Waals surface area contributed by atoms with Gasteiger partial charge in [-0.3, -0.25) is 4.79 Å². The van der Waals surface area contributed by atoms with Gasteiger partial charge in [0.15, 0.2) is 5.78 Å². The third-order valence-electron chi connectivity index (χ3n) is 1.38. The van der Waals surface area contributed by atoms with Gasteiger partial charge in [0.2, 0.25) is 0 Å². The third-order valence-corrected chi connectivity index (χ3v) is 1.76. The van der Waals surface area contributed by atoms with Gasteiger partial charge in [0, 0.05) is 10.5 Å². The predicted molar refractivity (Wildman–Crippen MR) is 45.4 cm³/mol. The van der Waals surface area contributed by atoms with Gasteiger partial charge < -0.3 is 5.11 Å². The summed E-state index contributed by atoms with van der Waals surface area (Å²) in [5, 5.41) is 9.12. The third kappa shape index (κ3) is 2.61. The molecule has 1 aromatic carbocycles. The molecule has 1 rings (SSSR count). The van der Waals surface area contributed by atoms with E-state index in [-0.39, 0.29) is 31.0 Å². The Morgan fingerprint density at radius 1 is 1.50 bits per heavy atom. The molecule has 0 amide bonds. The maximum Gasteiger partial charge on any atom is 2.00 e. The zero-order chi connectivity index (χ0) is 8.43. The number of ketones is 1. The van der Waals surface area contributed by atoms with Crippen molar-refractivity contribution in [3.63, 3.8) is 0 Å². The summed E-state index contributed by atoms with van der Waals surface area (Å²) >= 11 is 3.95. The number of aromatic hydroxyl groups is 1. The average Bonchev–Trinajstić information content (AvgIpc) is 1.94. The molecule has 4 heteroatoms. The van der Waals surface area contributed by atoms with Crippen LogP contribution in [-0.2, 0) is 19.5 Å². The molecule has 0 fully saturated rings. The number of carbonyl (C=O) groups excluding carboxylic acids is 1. The van der Waals surface area contributed by atoms with Gasteiger partial charge >= 0.3 is 19.5 Å². The summed E-state index contributed by atoms with van der Waals surface area (Å²) in [7, 11) is 0. The summed E-state index contributed by atoms with van der Waals surface area (Å²) in [5.41, 5.74) is 0.500. The summed E-state index contributed by atoms with van der Waals surface area (Å²) in [6.07, 6.45) is 0. The number of carbonyl (C=O) groups is 1. The maximum atomic E-state index is 10.8. The van der Waals surface area contributed by atoms with Crippen LogP contribution in [0, 0.1) is 0 Å². The van der Waals surface area contributed by atoms with Crippen molar-refractivity contribution in [2.75, 3.05) is 0 Å². The first-order valence-corrected chi connectivity index (χ1v) is 3.59. The van der Waals surface area contributed by atoms with Gasteiger partial charge in [-0.2, -0.15) is 0 Å². The van der Waals surface area contributed by atoms with E-state index >= 15 is 0 Å². The number of hydrogen-bond acceptors (Lipinski definition) is 3. The van der Waals surface area contributed by atoms with E-state index in [0.29, 0.717) is 10.5 Å². The van der Waals surface area contributed by atoms with E-state index in [1.807, 2.05) is 0 Å². The van der Waals surface area contributed by atoms with E-state index in [0.717, 1.165) is 0 Å². The standard InChI is InChI=1S/C8H8O2S.Zn/c1-5(9)6-2-3-8(11)7(10)4-6;/h2-4,10-11H,1H3;/q;+2. The first kappa shape index (κ1) is 11.7. The topological polar surface area (TPSA) is 37.3 Å². The van der Waals surface area contributed by atoms with Crippen LogP contribution >= 0.6 is 12.6 Å². The van der Waals surface area contributed by atoms with Crippen molar-refractivity contribution in [2.24, 2.45) is 0 Å². The number of Topliss-reactive ketones (excluding diaryl/α,β-unsaturated/α-hetero) is 1. The molecule has 0 radical (unpaired) electrons. The molecule has 0 unspecified atom stereocenters. The van der Waals surface area contributed by atoms with E-state index in [1.54, 1.807) is 12.1 Å². The molecule has 0 atom stereocenters. The van der Waals surface area contributed by atoms with Crippen LogP contribution in [0.15, 0.2) is 23.1 Å². The van der Waals surface area contributed by atoms with Crippen LogP contribution in [-0.4, -0.2) is 10.9 Å². The van der Waals surface area contributed by atoms with E-state index < -0.39 is 0 Å². The van der Waals surface area contributed by atoms with Crippen LogP contribution < -0.4 is 0 Å². The van der Waals surface area contributed by atoms with Gasteiger partial charge in [-0.1, -0.05) is 6.07 Å². The first-order chi connectivity index (χ1) is 5.11. The monoisotopic (exact) mass is 232 g/mol. The Morgan fingerprint density at radius 2 is 2.08 bits per heavy atom. The molecule has 0 aliphatic heterocycles. The molecule has 1 aromatic rings. The van der Waals surface area contributed by atoms with Gasteiger partial charge in [-0.15, -0.1) is 12.6 Å². The Balaban J connectivity index is 0.00000121. The molecule has 0 saturated carbocycles. The smallest absolute Gasteiger partial charge is 0.507 e. The Hall–Kier alpha value is -0.337. The molecule has 12 heavy (non-hydrogen) atoms. The number of rotatable bonds is 1. The number of phenols is 1. The van der Waals surface area contributed by atoms with E-state index in [9.17, 15) is 4.79 Å². The Morgan fingerprint density at radius 3 is 2.50 bits per heavy atom. The Labute approximate surface area is 89.2 Å². The van der Waals surface area contributed by atoms with Crippen LogP contribution in [0.2, 0.25) is 0 Å². The first-order valence-electron chi connectivity index (χ1n) is 3.14. The molecule has 0 aromatic heterocycles. The van der Waals surface area contributed by atoms with Crippen molar-refractivity contribution in [1.82, 2.24) is 0 Å². The summed E-state index contributed by atoms with van der Waals surface area (Å²) in [5.74, 6) is -0.0188. The Kier molecular flexibility index (Phi) is 4.50. The van der Waals surface area contributed by atoms with Crippen LogP contribution in [0.4, 0.5) is 0 Å². The Bertz CT molecular complexity index is 299. The van der Waals surface area contributed by atoms with Crippen molar-refractivity contribution in [3.8, 4) is 5.75 Å². The molecule has 0 saturated heterocycles. The second-order valence-corrected chi connectivity index (χ2v) is 2.74. The van der Waals surface area contributed by atoms with Gasteiger partial charge in [0.25, 0.3) is 0 Å². The normalized spacial score (nSPS) is 8.83. The minimum atomic E-state index is -0.0615. The van der Waals surface area contributed by atoms with E-state index in [2.05, 4.69) is 12.6 Å². The second-order valence-electron chi connectivity index (χ2n) is 2.26. The van der Waals surface area contributed by atoms with Crippen molar-refractivity contribution in [1.29, 1.82) is 0 Å². The zero-order valence-corrected chi connectivity index (χ0v) is 10.6. The zero-order valence-electron chi connectivity index (χ0n) is 6.74. The maximum absolute atomic E-state index is 10.8. The number of hydrogen-bond donors (Lipinski definition) is 2. The molecule has 0 heterocycles. The summed E-state index contributed by atoms with van der Waals surface area (Å²) in [6, 6.07) is 4.63. The van der Waals surface area contributed by atoms with E-state index in [4.69, 9.17) is 5.11 Å². The number of benzene rings is 1. The molecule has 0 aliphatic carbocycles. The van der Waals surface area contributed by atoms with Gasteiger partial charge in [0.1, 0.15) is 5.75 Å². The number of phenolic OH excluding ortho intramolecular Hbond substituents is 1. The fourth-order valence-corrected chi connectivity index (χ4v) is 0.882. The quantitative estimate of drug-likeness (QED) is 0.442. The van der Waals surface area contributed by atoms with Gasteiger partial charge in [-0.05, 0) is 19.1 Å². The minimum absolute atomic E-state index is 0. The van der Waals surface area contributed by atoms with Crippen molar-refractivity contribution < 1.29 is 29.4 Å². The van der Waals surface area contributed by atoms with Crippen LogP contribution in [0.3, 0.4) is 0 Å². The molecular weight excluding hydrogens is 226 g/mol. The van der Waals surface area contributed by atoms with E-state index in [1.165, 1.54) is 13.0 Å². The average molecular weight is 234 g/mol. The molecule has 2 nitrogen and oxygen atoms in total. The predicted octanol–water partition coefficient (Wildman–Crippen LogP) is 1.88. The fourth-order valence-electron chi connectivity index (χ4n) is 0.742. The molecule has 0 spiro atoms. The van der Waals surface area contributed by atoms with Crippen molar-refractivity contribution >= 4 is 18.4 Å². The number of thiol groups is 1. The van der Waals surface area contributed by atoms with Crippen LogP contribution in [0.5, 0.6) is 5.75 Å². The SMILES string of the molecule is CC(=O)c1ccc(S)c(O)c1.[Zn+2]. The molecule has 0 aliphatic rings. The van der Waals surface area contributed by atoms with Crippen molar-refractivity contribution in [2.45, 2.75) is 11.8 Å². The van der Waals surface area contributed by atoms with Crippen molar-refractivity contribution in [3.05, 3.63) is 23.8 Å². The fraction of sp³-hybridized carbons (Fsp3) is 0.125. The summed E-state index contributed by atoms with van der Waals surface area (Å²) < 4.78 is 0. The van der Waals surface area contributed by atoms with Gasteiger partial charge in [0.05, 0.1) is 0 Å². The summed E-state index contributed by atoms with van der Waals surface area (Å²) in [6.45, 7) is 1.45. The van der Waals surface area contributed by atoms with Gasteiger partial charge in [-0.25, -0.2) is 0 Å².